The fraction of sp³-hybridized carbons (Fsp3) is 0. The van der Waals surface area contributed by atoms with Gasteiger partial charge in [0.2, 0.25) is 5.69 Å². The monoisotopic (exact) mass is 1020 g/mol. The number of para-hydroxylation sites is 2. The Balaban J connectivity index is 1.23. The summed E-state index contributed by atoms with van der Waals surface area (Å²) in [7, 11) is 0. The first-order valence-electron chi connectivity index (χ1n) is 26.2. The van der Waals surface area contributed by atoms with Crippen LogP contribution in [0.15, 0.2) is 231 Å². The molecule has 6 heteroatoms. The minimum atomic E-state index is 0.311. The first-order chi connectivity index (χ1) is 38.7. The zero-order valence-corrected chi connectivity index (χ0v) is 43.2. The minimum absolute atomic E-state index is 0.311. The molecule has 0 aliphatic rings. The molecule has 17 rings (SSSR count). The van der Waals surface area contributed by atoms with E-state index in [1.807, 2.05) is 22.7 Å². The van der Waals surface area contributed by atoms with Crippen molar-refractivity contribution in [2.24, 2.45) is 0 Å². The maximum Gasteiger partial charge on any atom is 0.215 e. The molecule has 0 atom stereocenters. The van der Waals surface area contributed by atoms with Crippen LogP contribution in [-0.2, 0) is 0 Å². The molecule has 0 bridgehead atoms. The van der Waals surface area contributed by atoms with E-state index in [-0.39, 0.29) is 0 Å². The molecule has 17 aromatic rings. The van der Waals surface area contributed by atoms with Crippen LogP contribution in [0.3, 0.4) is 0 Å². The number of fused-ring (bicyclic) bond motifs is 20. The Labute approximate surface area is 454 Å². The zero-order valence-electron chi connectivity index (χ0n) is 41.5. The van der Waals surface area contributed by atoms with E-state index in [2.05, 4.69) is 246 Å². The van der Waals surface area contributed by atoms with Gasteiger partial charge in [0.15, 0.2) is 0 Å². The van der Waals surface area contributed by atoms with Crippen LogP contribution in [0.2, 0.25) is 0 Å². The molecule has 358 valence electrons. The van der Waals surface area contributed by atoms with Crippen molar-refractivity contribution in [3.8, 4) is 39.7 Å². The van der Waals surface area contributed by atoms with E-state index in [4.69, 9.17) is 4.85 Å². The molecule has 0 N–H and O–H groups in total. The van der Waals surface area contributed by atoms with E-state index in [0.29, 0.717) is 22.4 Å². The van der Waals surface area contributed by atoms with Crippen LogP contribution in [0, 0.1) is 17.9 Å². The number of rotatable bonds is 4. The highest BCUT2D eigenvalue weighted by molar-refractivity contribution is 7.27. The molecule has 78 heavy (non-hydrogen) atoms. The first kappa shape index (κ1) is 43.2. The van der Waals surface area contributed by atoms with Gasteiger partial charge in [-0.05, 0) is 90.6 Å². The minimum Gasteiger partial charge on any atom is -0.306 e. The Morgan fingerprint density at radius 1 is 0.359 bits per heavy atom. The fourth-order valence-electron chi connectivity index (χ4n) is 13.3. The van der Waals surface area contributed by atoms with Gasteiger partial charge in [-0.1, -0.05) is 194 Å². The molecule has 13 aromatic carbocycles. The predicted octanol–water partition coefficient (Wildman–Crippen LogP) is 21.0. The van der Waals surface area contributed by atoms with Crippen LogP contribution in [0.25, 0.3) is 166 Å². The second-order valence-electron chi connectivity index (χ2n) is 20.4. The molecule has 4 aromatic heterocycles. The van der Waals surface area contributed by atoms with Gasteiger partial charge in [-0.25, -0.2) is 4.85 Å². The molecule has 0 fully saturated rings. The van der Waals surface area contributed by atoms with E-state index < -0.39 is 0 Å². The number of hydrogen-bond donors (Lipinski definition) is 0. The highest BCUT2D eigenvalue weighted by atomic mass is 32.1. The number of thiophene rings is 2. The van der Waals surface area contributed by atoms with Crippen molar-refractivity contribution in [2.75, 3.05) is 0 Å². The molecule has 0 radical (unpaired) electrons. The van der Waals surface area contributed by atoms with Crippen molar-refractivity contribution in [3.63, 3.8) is 0 Å². The van der Waals surface area contributed by atoms with Crippen LogP contribution < -0.4 is 0 Å². The second kappa shape index (κ2) is 16.2. The molecule has 0 amide bonds. The van der Waals surface area contributed by atoms with Gasteiger partial charge in [0.05, 0.1) is 61.0 Å². The standard InChI is InChI=1S/C72H38N4S2/c1-74-66-59(40-73)64(57-38-41-18-2-4-20-43(41)45-22-6-8-24-47(45)57)69(75-60-30-14-10-26-49(60)53-34-36-55-51-28-12-16-32-62(51)77-71(55)67(53)75)70(65(66)58-39-42-19-3-5-21-44(42)46-23-7-9-25-48(46)58)76-61-31-15-11-27-50(61)54-35-37-56-52-29-13-17-33-63(52)78-72(56)68(54)76/h2-39H. The van der Waals surface area contributed by atoms with Crippen molar-refractivity contribution >= 4 is 155 Å². The maximum atomic E-state index is 12.4. The van der Waals surface area contributed by atoms with Gasteiger partial charge in [-0.2, -0.15) is 5.26 Å². The Morgan fingerprint density at radius 3 is 1.21 bits per heavy atom. The summed E-state index contributed by atoms with van der Waals surface area (Å²) >= 11 is 3.63. The van der Waals surface area contributed by atoms with Crippen LogP contribution in [0.4, 0.5) is 5.69 Å². The molecular weight excluding hydrogens is 985 g/mol. The largest absolute Gasteiger partial charge is 0.306 e. The third-order valence-electron chi connectivity index (χ3n) is 16.5. The van der Waals surface area contributed by atoms with E-state index in [9.17, 15) is 11.8 Å². The summed E-state index contributed by atoms with van der Waals surface area (Å²) < 4.78 is 9.74. The van der Waals surface area contributed by atoms with E-state index >= 15 is 0 Å². The summed E-state index contributed by atoms with van der Waals surface area (Å²) in [5.41, 5.74) is 9.65. The number of hydrogen-bond acceptors (Lipinski definition) is 3. The molecule has 0 spiro atoms. The molecule has 0 saturated heterocycles. The Morgan fingerprint density at radius 2 is 0.731 bits per heavy atom. The lowest BCUT2D eigenvalue weighted by molar-refractivity contribution is 1.11. The summed E-state index contributed by atoms with van der Waals surface area (Å²) in [6.45, 7) is 9.69. The van der Waals surface area contributed by atoms with Crippen molar-refractivity contribution < 1.29 is 0 Å². The molecule has 4 heterocycles. The number of aromatic nitrogens is 2. The van der Waals surface area contributed by atoms with Crippen molar-refractivity contribution in [3.05, 3.63) is 248 Å². The van der Waals surface area contributed by atoms with Gasteiger partial charge < -0.3 is 9.13 Å². The van der Waals surface area contributed by atoms with Gasteiger partial charge in [0.25, 0.3) is 0 Å². The van der Waals surface area contributed by atoms with Crippen LogP contribution >= 0.6 is 22.7 Å². The lowest BCUT2D eigenvalue weighted by Crippen LogP contribution is -2.10. The number of nitrogens with zero attached hydrogens (tertiary/aromatic N) is 4. The molecule has 0 aliphatic heterocycles. The normalized spacial score (nSPS) is 12.1. The fourth-order valence-corrected chi connectivity index (χ4v) is 15.8. The first-order valence-corrected chi connectivity index (χ1v) is 27.8. The molecule has 0 saturated carbocycles. The highest BCUT2D eigenvalue weighted by Crippen LogP contribution is 2.56. The highest BCUT2D eigenvalue weighted by Gasteiger charge is 2.34. The second-order valence-corrected chi connectivity index (χ2v) is 22.5. The van der Waals surface area contributed by atoms with Crippen LogP contribution in [-0.4, -0.2) is 9.13 Å². The third-order valence-corrected chi connectivity index (χ3v) is 18.9. The number of benzene rings is 13. The molecule has 4 nitrogen and oxygen atoms in total. The van der Waals surface area contributed by atoms with E-state index in [0.717, 1.165) is 119 Å². The van der Waals surface area contributed by atoms with Gasteiger partial charge in [-0.3, -0.25) is 0 Å². The molecule has 0 aliphatic carbocycles. The quantitative estimate of drug-likeness (QED) is 0.128. The maximum absolute atomic E-state index is 12.4. The average Bonchev–Trinajstić information content (AvgIpc) is 4.40. The predicted molar refractivity (Wildman–Crippen MR) is 333 cm³/mol. The lowest BCUT2D eigenvalue weighted by atomic mass is 9.84. The number of nitriles is 1. The summed E-state index contributed by atoms with van der Waals surface area (Å²) in [5.74, 6) is 0. The lowest BCUT2D eigenvalue weighted by Gasteiger charge is -2.28. The van der Waals surface area contributed by atoms with E-state index in [1.165, 1.54) is 30.9 Å². The molecule has 0 unspecified atom stereocenters. The molecular formula is C72H38N4S2. The van der Waals surface area contributed by atoms with Gasteiger partial charge >= 0.3 is 0 Å². The summed E-state index contributed by atoms with van der Waals surface area (Å²) in [6, 6.07) is 85.9. The Hall–Kier alpha value is -10.1. The third kappa shape index (κ3) is 5.74. The van der Waals surface area contributed by atoms with Crippen molar-refractivity contribution in [2.45, 2.75) is 0 Å². The van der Waals surface area contributed by atoms with Crippen molar-refractivity contribution in [1.82, 2.24) is 9.13 Å². The van der Waals surface area contributed by atoms with Crippen LogP contribution in [0.1, 0.15) is 5.56 Å². The van der Waals surface area contributed by atoms with E-state index in [1.54, 1.807) is 0 Å². The summed E-state index contributed by atoms with van der Waals surface area (Å²) in [4.78, 5) is 4.70. The average molecular weight is 1020 g/mol. The summed E-state index contributed by atoms with van der Waals surface area (Å²) in [5, 5.41) is 30.1. The Kier molecular flexibility index (Phi) is 8.98. The smallest absolute Gasteiger partial charge is 0.215 e. The van der Waals surface area contributed by atoms with Crippen LogP contribution in [0.5, 0.6) is 0 Å². The Bertz CT molecular complexity index is 5270. The SMILES string of the molecule is [C-]#[N+]c1c(C#N)c(-c2cc3ccccc3c3ccccc23)c(-n2c3ccccc3c3ccc4c5ccccc5sc4c32)c(-n2c3ccccc3c3ccc4c5ccccc5sc4c32)c1-c1cc2ccccc2c2ccccc12. The van der Waals surface area contributed by atoms with Crippen molar-refractivity contribution in [1.29, 1.82) is 5.26 Å². The van der Waals surface area contributed by atoms with Gasteiger partial charge in [0, 0.05) is 63.6 Å². The summed E-state index contributed by atoms with van der Waals surface area (Å²) in [6.07, 6.45) is 0. The van der Waals surface area contributed by atoms with Gasteiger partial charge in [0.1, 0.15) is 0 Å². The van der Waals surface area contributed by atoms with Gasteiger partial charge in [-0.15, -0.1) is 22.7 Å². The topological polar surface area (TPSA) is 38.0 Å². The zero-order chi connectivity index (χ0) is 51.3.